The summed E-state index contributed by atoms with van der Waals surface area (Å²) < 4.78 is 19.9. The molecule has 4 aliphatic heterocycles. The van der Waals surface area contributed by atoms with Crippen LogP contribution in [0.1, 0.15) is 105 Å². The highest BCUT2D eigenvalue weighted by Crippen LogP contribution is 2.58. The monoisotopic (exact) mass is 700 g/mol. The number of amides is 1. The van der Waals surface area contributed by atoms with Gasteiger partial charge in [-0.1, -0.05) is 18.9 Å². The zero-order valence-corrected chi connectivity index (χ0v) is 31.2. The molecule has 2 aliphatic carbocycles. The van der Waals surface area contributed by atoms with E-state index in [1.807, 2.05) is 32.7 Å². The van der Waals surface area contributed by atoms with Gasteiger partial charge in [0.05, 0.1) is 18.2 Å². The van der Waals surface area contributed by atoms with Gasteiger partial charge >= 0.3 is 11.9 Å². The number of nitrogens with one attached hydrogen (secondary N) is 2. The van der Waals surface area contributed by atoms with Gasteiger partial charge in [-0.05, 0) is 115 Å². The molecule has 9 unspecified atom stereocenters. The second-order valence-electron chi connectivity index (χ2n) is 17.4. The SMILES string of the molecule is CC=C(C)C(=O)OC(C)(C)C1(CC2CC(N)NCC2CC(=O)N2CC(CNC)C2)CC2CC3CC(C4(CCO)CCCC4)C(=O)OC3CC2O1. The van der Waals surface area contributed by atoms with Crippen molar-refractivity contribution in [3.05, 3.63) is 11.6 Å². The fourth-order valence-corrected chi connectivity index (χ4v) is 10.8. The number of rotatable bonds is 12. The zero-order valence-electron chi connectivity index (χ0n) is 31.2. The number of piperidine rings is 1. The number of ether oxygens (including phenoxy) is 3. The van der Waals surface area contributed by atoms with Crippen LogP contribution in [0.15, 0.2) is 11.6 Å². The molecule has 6 rings (SSSR count). The summed E-state index contributed by atoms with van der Waals surface area (Å²) in [6.45, 7) is 10.8. The minimum atomic E-state index is -0.966. The number of hydrogen-bond acceptors (Lipinski definition) is 10. The maximum atomic E-state index is 13.6. The summed E-state index contributed by atoms with van der Waals surface area (Å²) in [5.74, 6) is 0.716. The Hall–Kier alpha value is -2.05. The summed E-state index contributed by atoms with van der Waals surface area (Å²) in [4.78, 5) is 42.4. The Morgan fingerprint density at radius 1 is 1.12 bits per heavy atom. The number of carbonyl (C=O) groups is 3. The molecule has 5 N–H and O–H groups in total. The summed E-state index contributed by atoms with van der Waals surface area (Å²) in [7, 11) is 1.95. The predicted octanol–water partition coefficient (Wildman–Crippen LogP) is 3.67. The number of hydrogen-bond donors (Lipinski definition) is 4. The Labute approximate surface area is 299 Å². The largest absolute Gasteiger partial charge is 0.462 e. The Bertz CT molecular complexity index is 1280. The number of nitrogens with two attached hydrogens (primary N) is 1. The first kappa shape index (κ1) is 37.7. The number of fused-ring (bicyclic) bond motifs is 2. The van der Waals surface area contributed by atoms with E-state index in [1.54, 1.807) is 13.0 Å². The standard InChI is InChI=1S/C39H64N4O7/c1-6-24(2)35(46)50-37(3,4)39(18-27-15-33(40)42-21-29(27)16-34(45)43-22-25(23-43)20-41-5)19-28-13-26-14-30(38(11-12-44)9-7-8-10-38)36(47)48-31(26)17-32(28)49-39/h6,25-33,41-42,44H,7-23,40H2,1-5H3. The van der Waals surface area contributed by atoms with Crippen molar-refractivity contribution in [1.29, 1.82) is 0 Å². The average molecular weight is 701 g/mol. The molecular weight excluding hydrogens is 636 g/mol. The van der Waals surface area contributed by atoms with Crippen LogP contribution in [0.5, 0.6) is 0 Å². The Balaban J connectivity index is 1.23. The molecule has 0 spiro atoms. The normalized spacial score (nSPS) is 37.5. The summed E-state index contributed by atoms with van der Waals surface area (Å²) in [6, 6.07) is 0. The lowest BCUT2D eigenvalue weighted by atomic mass is 9.63. The predicted molar refractivity (Wildman–Crippen MR) is 189 cm³/mol. The number of aliphatic hydroxyl groups is 1. The highest BCUT2D eigenvalue weighted by Gasteiger charge is 2.62. The lowest BCUT2D eigenvalue weighted by Crippen LogP contribution is -2.58. The van der Waals surface area contributed by atoms with Crippen LogP contribution in [0, 0.1) is 40.9 Å². The molecule has 6 aliphatic rings. The van der Waals surface area contributed by atoms with Crippen molar-refractivity contribution >= 4 is 17.8 Å². The highest BCUT2D eigenvalue weighted by atomic mass is 16.6. The number of aliphatic hydroxyl groups excluding tert-OH is 1. The summed E-state index contributed by atoms with van der Waals surface area (Å²) in [5.41, 5.74) is 5.15. The fourth-order valence-electron chi connectivity index (χ4n) is 10.8. The van der Waals surface area contributed by atoms with Gasteiger partial charge in [0.15, 0.2) is 0 Å². The highest BCUT2D eigenvalue weighted by molar-refractivity contribution is 5.88. The van der Waals surface area contributed by atoms with Crippen LogP contribution in [0.25, 0.3) is 0 Å². The van der Waals surface area contributed by atoms with E-state index < -0.39 is 11.2 Å². The molecule has 0 aromatic heterocycles. The minimum Gasteiger partial charge on any atom is -0.462 e. The zero-order chi connectivity index (χ0) is 35.8. The van der Waals surface area contributed by atoms with Crippen molar-refractivity contribution in [2.75, 3.05) is 39.8 Å². The molecule has 11 nitrogen and oxygen atoms in total. The lowest BCUT2D eigenvalue weighted by Gasteiger charge is -2.48. The van der Waals surface area contributed by atoms with Gasteiger partial charge in [-0.2, -0.15) is 0 Å². The van der Waals surface area contributed by atoms with Gasteiger partial charge in [0.25, 0.3) is 0 Å². The van der Waals surface area contributed by atoms with Gasteiger partial charge in [0.1, 0.15) is 17.3 Å². The Morgan fingerprint density at radius 2 is 1.86 bits per heavy atom. The van der Waals surface area contributed by atoms with E-state index in [0.29, 0.717) is 50.1 Å². The third-order valence-electron chi connectivity index (χ3n) is 14.0. The molecule has 0 bridgehead atoms. The van der Waals surface area contributed by atoms with E-state index in [1.165, 1.54) is 0 Å². The quantitative estimate of drug-likeness (QED) is 0.175. The van der Waals surface area contributed by atoms with Crippen LogP contribution < -0.4 is 16.4 Å². The summed E-state index contributed by atoms with van der Waals surface area (Å²) >= 11 is 0. The smallest absolute Gasteiger partial charge is 0.334 e. The van der Waals surface area contributed by atoms with Gasteiger partial charge in [-0.25, -0.2) is 4.79 Å². The van der Waals surface area contributed by atoms with Crippen molar-refractivity contribution in [3.63, 3.8) is 0 Å². The molecule has 0 aromatic carbocycles. The van der Waals surface area contributed by atoms with Crippen molar-refractivity contribution in [2.24, 2.45) is 46.7 Å². The lowest BCUT2D eigenvalue weighted by molar-refractivity contribution is -0.210. The van der Waals surface area contributed by atoms with Crippen LogP contribution in [-0.4, -0.2) is 97.3 Å². The van der Waals surface area contributed by atoms with E-state index in [9.17, 15) is 19.5 Å². The topological polar surface area (TPSA) is 152 Å². The first-order chi connectivity index (χ1) is 23.8. The maximum absolute atomic E-state index is 13.6. The molecule has 9 atom stereocenters. The second kappa shape index (κ2) is 15.1. The van der Waals surface area contributed by atoms with Crippen molar-refractivity contribution < 1.29 is 33.7 Å². The number of nitrogens with zero attached hydrogens (tertiary/aromatic N) is 1. The molecule has 4 heterocycles. The Morgan fingerprint density at radius 3 is 2.54 bits per heavy atom. The molecule has 50 heavy (non-hydrogen) atoms. The maximum Gasteiger partial charge on any atom is 0.334 e. The first-order valence-corrected chi connectivity index (χ1v) is 19.6. The summed E-state index contributed by atoms with van der Waals surface area (Å²) in [6.07, 6.45) is 10.9. The van der Waals surface area contributed by atoms with Crippen LogP contribution >= 0.6 is 0 Å². The summed E-state index contributed by atoms with van der Waals surface area (Å²) in [5, 5.41) is 16.6. The van der Waals surface area contributed by atoms with Crippen LogP contribution in [0.3, 0.4) is 0 Å². The van der Waals surface area contributed by atoms with Gasteiger partial charge in [-0.15, -0.1) is 0 Å². The Kier molecular flexibility index (Phi) is 11.4. The molecule has 0 radical (unpaired) electrons. The molecule has 11 heteroatoms. The van der Waals surface area contributed by atoms with Gasteiger partial charge in [0.2, 0.25) is 5.91 Å². The van der Waals surface area contributed by atoms with Crippen molar-refractivity contribution in [2.45, 2.75) is 134 Å². The molecular formula is C39H64N4O7. The van der Waals surface area contributed by atoms with Crippen LogP contribution in [0.4, 0.5) is 0 Å². The molecule has 282 valence electrons. The fraction of sp³-hybridized carbons (Fsp3) is 0.872. The molecule has 0 aromatic rings. The molecule has 2 saturated carbocycles. The van der Waals surface area contributed by atoms with Crippen LogP contribution in [0.2, 0.25) is 0 Å². The number of esters is 2. The molecule has 6 fully saturated rings. The van der Waals surface area contributed by atoms with E-state index in [2.05, 4.69) is 10.6 Å². The van der Waals surface area contributed by atoms with E-state index in [-0.39, 0.29) is 77.8 Å². The van der Waals surface area contributed by atoms with Gasteiger partial charge < -0.3 is 40.6 Å². The number of carbonyl (C=O) groups excluding carboxylic acids is 3. The number of likely N-dealkylation sites (tertiary alicyclic amines) is 1. The van der Waals surface area contributed by atoms with E-state index in [4.69, 9.17) is 19.9 Å². The average Bonchev–Trinajstić information content (AvgIpc) is 3.67. The van der Waals surface area contributed by atoms with E-state index in [0.717, 1.165) is 64.6 Å². The van der Waals surface area contributed by atoms with Crippen LogP contribution in [-0.2, 0) is 28.6 Å². The van der Waals surface area contributed by atoms with E-state index >= 15 is 0 Å². The van der Waals surface area contributed by atoms with Crippen molar-refractivity contribution in [1.82, 2.24) is 15.5 Å². The third-order valence-corrected chi connectivity index (χ3v) is 14.0. The second-order valence-corrected chi connectivity index (χ2v) is 17.4. The number of allylic oxidation sites excluding steroid dienone is 1. The third kappa shape index (κ3) is 7.41. The molecule has 1 amide bonds. The van der Waals surface area contributed by atoms with Gasteiger partial charge in [0, 0.05) is 57.1 Å². The first-order valence-electron chi connectivity index (χ1n) is 19.6. The van der Waals surface area contributed by atoms with Crippen molar-refractivity contribution in [3.8, 4) is 0 Å². The van der Waals surface area contributed by atoms with Gasteiger partial charge in [-0.3, -0.25) is 9.59 Å². The molecule has 4 saturated heterocycles. The minimum absolute atomic E-state index is 0.0796.